The maximum atomic E-state index is 12.5. The van der Waals surface area contributed by atoms with Gasteiger partial charge in [-0.2, -0.15) is 0 Å². The molecule has 1 unspecified atom stereocenters. The Bertz CT molecular complexity index is 676. The van der Waals surface area contributed by atoms with Gasteiger partial charge < -0.3 is 15.1 Å². The number of rotatable bonds is 7. The molecule has 136 valence electrons. The molecule has 0 aromatic heterocycles. The molecule has 1 aromatic carbocycles. The van der Waals surface area contributed by atoms with Gasteiger partial charge in [-0.05, 0) is 52.2 Å². The zero-order chi connectivity index (χ0) is 18.6. The first kappa shape index (κ1) is 19.4. The predicted molar refractivity (Wildman–Crippen MR) is 97.9 cm³/mol. The van der Waals surface area contributed by atoms with E-state index in [4.69, 9.17) is 11.6 Å². The molecule has 1 aromatic rings. The second-order valence-electron chi connectivity index (χ2n) is 6.64. The molecule has 1 saturated heterocycles. The monoisotopic (exact) mass is 365 g/mol. The maximum Gasteiger partial charge on any atom is 0.229 e. The molecule has 0 saturated carbocycles. The Hall–Kier alpha value is -1.92. The Morgan fingerprint density at radius 1 is 1.36 bits per heavy atom. The summed E-state index contributed by atoms with van der Waals surface area (Å²) >= 11 is 6.10. The van der Waals surface area contributed by atoms with Crippen LogP contribution in [0.3, 0.4) is 0 Å². The Labute approximate surface area is 153 Å². The van der Waals surface area contributed by atoms with Gasteiger partial charge in [0.1, 0.15) is 0 Å². The number of anilines is 1. The Morgan fingerprint density at radius 3 is 2.72 bits per heavy atom. The summed E-state index contributed by atoms with van der Waals surface area (Å²) in [6, 6.07) is 4.77. The first-order valence-corrected chi connectivity index (χ1v) is 8.69. The number of Topliss-reactive ketones (excluding diaryl/α,β-unsaturated/α-hetero) is 1. The Balaban J connectivity index is 1.97. The van der Waals surface area contributed by atoms with Crippen molar-refractivity contribution in [3.05, 3.63) is 28.8 Å². The zero-order valence-corrected chi connectivity index (χ0v) is 15.6. The third-order valence-corrected chi connectivity index (χ3v) is 4.58. The summed E-state index contributed by atoms with van der Waals surface area (Å²) in [5.41, 5.74) is 0.880. The van der Waals surface area contributed by atoms with E-state index in [9.17, 15) is 14.4 Å². The lowest BCUT2D eigenvalue weighted by molar-refractivity contribution is -0.128. The van der Waals surface area contributed by atoms with Crippen molar-refractivity contribution < 1.29 is 14.4 Å². The van der Waals surface area contributed by atoms with E-state index in [1.165, 1.54) is 6.92 Å². The summed E-state index contributed by atoms with van der Waals surface area (Å²) < 4.78 is 0. The Morgan fingerprint density at radius 2 is 2.08 bits per heavy atom. The predicted octanol–water partition coefficient (Wildman–Crippen LogP) is 2.28. The molecule has 1 atom stereocenters. The van der Waals surface area contributed by atoms with Crippen LogP contribution < -0.4 is 5.32 Å². The van der Waals surface area contributed by atoms with Gasteiger partial charge in [-0.15, -0.1) is 0 Å². The van der Waals surface area contributed by atoms with E-state index in [2.05, 4.69) is 10.2 Å². The zero-order valence-electron chi connectivity index (χ0n) is 14.8. The van der Waals surface area contributed by atoms with Crippen molar-refractivity contribution in [3.63, 3.8) is 0 Å². The molecule has 1 fully saturated rings. The molecule has 0 aliphatic carbocycles. The third kappa shape index (κ3) is 5.28. The van der Waals surface area contributed by atoms with E-state index >= 15 is 0 Å². The quantitative estimate of drug-likeness (QED) is 0.752. The Kier molecular flexibility index (Phi) is 6.56. The van der Waals surface area contributed by atoms with E-state index in [0.717, 1.165) is 13.0 Å². The first-order valence-electron chi connectivity index (χ1n) is 8.31. The number of ketones is 1. The molecule has 7 heteroatoms. The highest BCUT2D eigenvalue weighted by Crippen LogP contribution is 2.26. The number of halogens is 1. The lowest BCUT2D eigenvalue weighted by atomic mass is 10.1. The molecule has 6 nitrogen and oxygen atoms in total. The van der Waals surface area contributed by atoms with Crippen LogP contribution in [0.5, 0.6) is 0 Å². The van der Waals surface area contributed by atoms with Crippen LogP contribution in [0.2, 0.25) is 5.02 Å². The van der Waals surface area contributed by atoms with Gasteiger partial charge in [-0.1, -0.05) is 11.6 Å². The largest absolute Gasteiger partial charge is 0.342 e. The highest BCUT2D eigenvalue weighted by atomic mass is 35.5. The van der Waals surface area contributed by atoms with Crippen molar-refractivity contribution in [2.45, 2.75) is 19.8 Å². The molecular formula is C18H24ClN3O3. The fourth-order valence-electron chi connectivity index (χ4n) is 2.82. The van der Waals surface area contributed by atoms with Crippen LogP contribution >= 0.6 is 11.6 Å². The minimum Gasteiger partial charge on any atom is -0.342 e. The second kappa shape index (κ2) is 8.45. The fourth-order valence-corrected chi connectivity index (χ4v) is 2.98. The number of hydrogen-bond donors (Lipinski definition) is 1. The van der Waals surface area contributed by atoms with Gasteiger partial charge in [-0.3, -0.25) is 14.4 Å². The lowest BCUT2D eigenvalue weighted by Crippen LogP contribution is -2.30. The molecule has 0 spiro atoms. The van der Waals surface area contributed by atoms with E-state index in [0.29, 0.717) is 29.4 Å². The topological polar surface area (TPSA) is 69.7 Å². The minimum absolute atomic E-state index is 0.00231. The number of carbonyl (C=O) groups is 3. The molecule has 1 aliphatic rings. The number of benzene rings is 1. The summed E-state index contributed by atoms with van der Waals surface area (Å²) in [6.07, 6.45) is 1.08. The first-order chi connectivity index (χ1) is 11.8. The summed E-state index contributed by atoms with van der Waals surface area (Å²) in [4.78, 5) is 39.8. The smallest absolute Gasteiger partial charge is 0.229 e. The van der Waals surface area contributed by atoms with Crippen molar-refractivity contribution in [3.8, 4) is 0 Å². The van der Waals surface area contributed by atoms with Gasteiger partial charge >= 0.3 is 0 Å². The highest BCUT2D eigenvalue weighted by molar-refractivity contribution is 6.34. The number of amides is 2. The fraction of sp³-hybridized carbons (Fsp3) is 0.500. The van der Waals surface area contributed by atoms with E-state index < -0.39 is 5.92 Å². The van der Waals surface area contributed by atoms with Crippen LogP contribution in [0.25, 0.3) is 0 Å². The SMILES string of the molecule is CC(=O)c1ccc(Cl)c(NC(=O)C2CC(=O)N(CCCN(C)C)C2)c1. The van der Waals surface area contributed by atoms with Crippen molar-refractivity contribution in [1.29, 1.82) is 0 Å². The van der Waals surface area contributed by atoms with Crippen LogP contribution in [0.4, 0.5) is 5.69 Å². The molecular weight excluding hydrogens is 342 g/mol. The second-order valence-corrected chi connectivity index (χ2v) is 7.04. The summed E-state index contributed by atoms with van der Waals surface area (Å²) in [5.74, 6) is -0.743. The molecule has 1 N–H and O–H groups in total. The van der Waals surface area contributed by atoms with E-state index in [1.807, 2.05) is 14.1 Å². The number of likely N-dealkylation sites (tertiary alicyclic amines) is 1. The molecule has 25 heavy (non-hydrogen) atoms. The van der Waals surface area contributed by atoms with E-state index in [1.54, 1.807) is 23.1 Å². The van der Waals surface area contributed by atoms with Gasteiger partial charge in [0.2, 0.25) is 11.8 Å². The van der Waals surface area contributed by atoms with Gasteiger partial charge in [-0.25, -0.2) is 0 Å². The molecule has 2 amide bonds. The third-order valence-electron chi connectivity index (χ3n) is 4.25. The summed E-state index contributed by atoms with van der Waals surface area (Å²) in [7, 11) is 3.97. The van der Waals surface area contributed by atoms with Crippen LogP contribution in [0.15, 0.2) is 18.2 Å². The molecule has 0 bridgehead atoms. The molecule has 0 radical (unpaired) electrons. The van der Waals surface area contributed by atoms with Crippen LogP contribution in [0, 0.1) is 5.92 Å². The summed E-state index contributed by atoms with van der Waals surface area (Å²) in [5, 5.41) is 3.12. The standard InChI is InChI=1S/C18H24ClN3O3/c1-12(23)13-5-6-15(19)16(9-13)20-18(25)14-10-17(24)22(11-14)8-4-7-21(2)3/h5-6,9,14H,4,7-8,10-11H2,1-3H3,(H,20,25). The number of nitrogens with zero attached hydrogens (tertiary/aromatic N) is 2. The van der Waals surface area contributed by atoms with Gasteiger partial charge in [0.25, 0.3) is 0 Å². The maximum absolute atomic E-state index is 12.5. The van der Waals surface area contributed by atoms with Crippen LogP contribution in [-0.2, 0) is 9.59 Å². The average Bonchev–Trinajstić information content (AvgIpc) is 2.90. The molecule has 1 aliphatic heterocycles. The van der Waals surface area contributed by atoms with Crippen molar-refractivity contribution in [2.75, 3.05) is 39.0 Å². The molecule has 1 heterocycles. The average molecular weight is 366 g/mol. The molecule has 2 rings (SSSR count). The summed E-state index contributed by atoms with van der Waals surface area (Å²) in [6.45, 7) is 3.42. The lowest BCUT2D eigenvalue weighted by Gasteiger charge is -2.18. The number of carbonyl (C=O) groups excluding carboxylic acids is 3. The highest BCUT2D eigenvalue weighted by Gasteiger charge is 2.34. The normalized spacial score (nSPS) is 17.2. The number of hydrogen-bond acceptors (Lipinski definition) is 4. The number of nitrogens with one attached hydrogen (secondary N) is 1. The van der Waals surface area contributed by atoms with Gasteiger partial charge in [0, 0.05) is 25.1 Å². The van der Waals surface area contributed by atoms with Gasteiger partial charge in [0.05, 0.1) is 16.6 Å². The van der Waals surface area contributed by atoms with Gasteiger partial charge in [0.15, 0.2) is 5.78 Å². The van der Waals surface area contributed by atoms with Crippen molar-refractivity contribution >= 4 is 34.9 Å². The van der Waals surface area contributed by atoms with Crippen molar-refractivity contribution in [2.24, 2.45) is 5.92 Å². The van der Waals surface area contributed by atoms with Crippen molar-refractivity contribution in [1.82, 2.24) is 9.80 Å². The van der Waals surface area contributed by atoms with Crippen LogP contribution in [0.1, 0.15) is 30.1 Å². The van der Waals surface area contributed by atoms with E-state index in [-0.39, 0.29) is 24.0 Å². The van der Waals surface area contributed by atoms with Crippen LogP contribution in [-0.4, -0.2) is 61.1 Å². The minimum atomic E-state index is -0.399.